The van der Waals surface area contributed by atoms with Crippen LogP contribution in [0.25, 0.3) is 28.0 Å². The van der Waals surface area contributed by atoms with Gasteiger partial charge in [0.15, 0.2) is 0 Å². The van der Waals surface area contributed by atoms with Crippen LogP contribution in [-0.2, 0) is 11.2 Å². The second-order valence-electron chi connectivity index (χ2n) is 9.65. The van der Waals surface area contributed by atoms with Crippen molar-refractivity contribution < 1.29 is 4.79 Å². The van der Waals surface area contributed by atoms with Gasteiger partial charge in [0.25, 0.3) is 0 Å². The largest absolute Gasteiger partial charge is 0.339 e. The Hall–Kier alpha value is -4.52. The number of carbonyl (C=O) groups excluding carboxylic acids is 1. The summed E-state index contributed by atoms with van der Waals surface area (Å²) in [6.07, 6.45) is 6.72. The fraction of sp³-hybridized carbons (Fsp3) is 0.226. The average Bonchev–Trinajstić information content (AvgIpc) is 3.35. The summed E-state index contributed by atoms with van der Waals surface area (Å²) >= 11 is 0. The number of nitrogens with zero attached hydrogens (tertiary/aromatic N) is 6. The van der Waals surface area contributed by atoms with E-state index in [0.29, 0.717) is 25.9 Å². The van der Waals surface area contributed by atoms with E-state index in [-0.39, 0.29) is 5.91 Å². The summed E-state index contributed by atoms with van der Waals surface area (Å²) in [5.41, 5.74) is 7.52. The van der Waals surface area contributed by atoms with E-state index in [2.05, 4.69) is 80.9 Å². The molecule has 7 nitrogen and oxygen atoms in total. The quantitative estimate of drug-likeness (QED) is 0.325. The molecular formula is C31H30N6O. The van der Waals surface area contributed by atoms with E-state index in [1.165, 1.54) is 11.1 Å². The number of rotatable bonds is 6. The van der Waals surface area contributed by atoms with Gasteiger partial charge in [0.2, 0.25) is 11.9 Å². The number of pyridine rings is 1. The summed E-state index contributed by atoms with van der Waals surface area (Å²) in [6, 6.07) is 24.7. The van der Waals surface area contributed by atoms with Gasteiger partial charge in [0.05, 0.1) is 11.4 Å². The second-order valence-corrected chi connectivity index (χ2v) is 9.65. The van der Waals surface area contributed by atoms with Crippen molar-refractivity contribution >= 4 is 17.5 Å². The standard InChI is InChI=1S/C31H30N6O/c1-23-8-5-6-11-26(23)25-12-14-28-34-30(24-9-3-2-4-10-24)27(37(28)22-25)13-15-29(38)35-18-20-36(21-19-35)31-32-16-7-17-33-31/h2-12,14,16-17,22H,13,15,18-21H2,1H3. The summed E-state index contributed by atoms with van der Waals surface area (Å²) < 4.78 is 2.17. The lowest BCUT2D eigenvalue weighted by Gasteiger charge is -2.34. The minimum Gasteiger partial charge on any atom is -0.339 e. The third kappa shape index (κ3) is 4.75. The zero-order chi connectivity index (χ0) is 25.9. The normalized spacial score (nSPS) is 13.7. The number of hydrogen-bond acceptors (Lipinski definition) is 5. The number of imidazole rings is 1. The van der Waals surface area contributed by atoms with E-state index in [1.807, 2.05) is 29.2 Å². The zero-order valence-electron chi connectivity index (χ0n) is 21.5. The molecule has 6 rings (SSSR count). The minimum atomic E-state index is 0.169. The first-order valence-corrected chi connectivity index (χ1v) is 13.1. The molecule has 0 saturated carbocycles. The predicted molar refractivity (Wildman–Crippen MR) is 150 cm³/mol. The Labute approximate surface area is 222 Å². The number of amides is 1. The Balaban J connectivity index is 1.25. The number of fused-ring (bicyclic) bond motifs is 1. The molecule has 7 heteroatoms. The summed E-state index contributed by atoms with van der Waals surface area (Å²) in [6.45, 7) is 4.95. The number of piperazine rings is 1. The number of carbonyl (C=O) groups is 1. The molecule has 2 aromatic carbocycles. The minimum absolute atomic E-state index is 0.169. The maximum atomic E-state index is 13.3. The Bertz CT molecular complexity index is 1560. The fourth-order valence-corrected chi connectivity index (χ4v) is 5.21. The molecule has 0 bridgehead atoms. The van der Waals surface area contributed by atoms with Crippen molar-refractivity contribution in [3.8, 4) is 22.4 Å². The van der Waals surface area contributed by atoms with Crippen molar-refractivity contribution in [2.24, 2.45) is 0 Å². The highest BCUT2D eigenvalue weighted by Gasteiger charge is 2.23. The molecule has 4 heterocycles. The Morgan fingerprint density at radius 3 is 2.32 bits per heavy atom. The van der Waals surface area contributed by atoms with Crippen LogP contribution in [0.3, 0.4) is 0 Å². The smallest absolute Gasteiger partial charge is 0.225 e. The molecule has 38 heavy (non-hydrogen) atoms. The number of benzene rings is 2. The van der Waals surface area contributed by atoms with Crippen molar-refractivity contribution in [1.29, 1.82) is 0 Å². The van der Waals surface area contributed by atoms with Crippen LogP contribution in [-0.4, -0.2) is 56.3 Å². The van der Waals surface area contributed by atoms with Crippen LogP contribution in [0.5, 0.6) is 0 Å². The van der Waals surface area contributed by atoms with E-state index in [4.69, 9.17) is 4.98 Å². The molecule has 1 amide bonds. The van der Waals surface area contributed by atoms with E-state index < -0.39 is 0 Å². The van der Waals surface area contributed by atoms with Crippen LogP contribution in [0.2, 0.25) is 0 Å². The van der Waals surface area contributed by atoms with Crippen molar-refractivity contribution in [3.05, 3.63) is 103 Å². The van der Waals surface area contributed by atoms with Crippen molar-refractivity contribution in [2.45, 2.75) is 19.8 Å². The van der Waals surface area contributed by atoms with E-state index in [0.717, 1.165) is 47.2 Å². The van der Waals surface area contributed by atoms with Gasteiger partial charge in [-0.2, -0.15) is 0 Å². The van der Waals surface area contributed by atoms with Crippen molar-refractivity contribution in [3.63, 3.8) is 0 Å². The first kappa shape index (κ1) is 23.9. The fourth-order valence-electron chi connectivity index (χ4n) is 5.21. The summed E-state index contributed by atoms with van der Waals surface area (Å²) in [5, 5.41) is 0. The lowest BCUT2D eigenvalue weighted by Crippen LogP contribution is -2.49. The van der Waals surface area contributed by atoms with Gasteiger partial charge in [-0.15, -0.1) is 0 Å². The van der Waals surface area contributed by atoms with Crippen LogP contribution < -0.4 is 4.90 Å². The Morgan fingerprint density at radius 1 is 0.816 bits per heavy atom. The van der Waals surface area contributed by atoms with E-state index in [9.17, 15) is 4.79 Å². The van der Waals surface area contributed by atoms with Gasteiger partial charge >= 0.3 is 0 Å². The number of aryl methyl sites for hydroxylation is 2. The molecule has 0 unspecified atom stereocenters. The molecule has 5 aromatic rings. The zero-order valence-corrected chi connectivity index (χ0v) is 21.5. The lowest BCUT2D eigenvalue weighted by molar-refractivity contribution is -0.131. The first-order valence-electron chi connectivity index (χ1n) is 13.1. The van der Waals surface area contributed by atoms with Crippen molar-refractivity contribution in [1.82, 2.24) is 24.3 Å². The van der Waals surface area contributed by atoms with Gasteiger partial charge in [-0.25, -0.2) is 15.0 Å². The number of aromatic nitrogens is 4. The highest BCUT2D eigenvalue weighted by molar-refractivity contribution is 5.78. The molecular weight excluding hydrogens is 472 g/mol. The number of hydrogen-bond donors (Lipinski definition) is 0. The first-order chi connectivity index (χ1) is 18.7. The Morgan fingerprint density at radius 2 is 1.55 bits per heavy atom. The van der Waals surface area contributed by atoms with Crippen LogP contribution in [0, 0.1) is 6.92 Å². The van der Waals surface area contributed by atoms with Gasteiger partial charge in [-0.3, -0.25) is 4.79 Å². The topological polar surface area (TPSA) is 66.6 Å². The molecule has 0 radical (unpaired) electrons. The van der Waals surface area contributed by atoms with E-state index >= 15 is 0 Å². The molecule has 190 valence electrons. The highest BCUT2D eigenvalue weighted by atomic mass is 16.2. The summed E-state index contributed by atoms with van der Waals surface area (Å²) in [4.78, 5) is 31.1. The highest BCUT2D eigenvalue weighted by Crippen LogP contribution is 2.29. The van der Waals surface area contributed by atoms with Gasteiger partial charge in [-0.1, -0.05) is 54.6 Å². The molecule has 3 aromatic heterocycles. The SMILES string of the molecule is Cc1ccccc1-c1ccc2nc(-c3ccccc3)c(CCC(=O)N3CCN(c4ncccn4)CC3)n2c1. The van der Waals surface area contributed by atoms with E-state index in [1.54, 1.807) is 12.4 Å². The molecule has 1 aliphatic heterocycles. The van der Waals surface area contributed by atoms with Crippen molar-refractivity contribution in [2.75, 3.05) is 31.1 Å². The van der Waals surface area contributed by atoms with Gasteiger partial charge in [-0.05, 0) is 48.2 Å². The molecule has 1 saturated heterocycles. The monoisotopic (exact) mass is 502 g/mol. The van der Waals surface area contributed by atoms with Gasteiger partial charge in [0.1, 0.15) is 5.65 Å². The van der Waals surface area contributed by atoms with Gasteiger partial charge < -0.3 is 14.2 Å². The molecule has 0 atom stereocenters. The second kappa shape index (κ2) is 10.5. The molecule has 0 N–H and O–H groups in total. The van der Waals surface area contributed by atoms with Crippen LogP contribution >= 0.6 is 0 Å². The lowest BCUT2D eigenvalue weighted by atomic mass is 10.0. The van der Waals surface area contributed by atoms with Crippen LogP contribution in [0.4, 0.5) is 5.95 Å². The third-order valence-electron chi connectivity index (χ3n) is 7.26. The molecule has 1 aliphatic rings. The Kier molecular flexibility index (Phi) is 6.56. The van der Waals surface area contributed by atoms with Crippen LogP contribution in [0.15, 0.2) is 91.4 Å². The third-order valence-corrected chi connectivity index (χ3v) is 7.26. The van der Waals surface area contributed by atoms with Gasteiger partial charge in [0, 0.05) is 56.8 Å². The number of anilines is 1. The summed E-state index contributed by atoms with van der Waals surface area (Å²) in [5.74, 6) is 0.893. The molecule has 0 spiro atoms. The predicted octanol–water partition coefficient (Wildman–Crippen LogP) is 5.05. The van der Waals surface area contributed by atoms with Crippen LogP contribution in [0.1, 0.15) is 17.7 Å². The maximum absolute atomic E-state index is 13.3. The molecule has 1 fully saturated rings. The average molecular weight is 503 g/mol. The summed E-state index contributed by atoms with van der Waals surface area (Å²) in [7, 11) is 0. The maximum Gasteiger partial charge on any atom is 0.225 e. The molecule has 0 aliphatic carbocycles.